The SMILES string of the molecule is CN(CC1CCCCO1)c1c(N)ccc(F)c1F. The molecular formula is C13H18F2N2O. The molecule has 1 aromatic rings. The van der Waals surface area contributed by atoms with E-state index in [4.69, 9.17) is 10.5 Å². The number of nitrogens with two attached hydrogens (primary N) is 1. The molecule has 3 nitrogen and oxygen atoms in total. The highest BCUT2D eigenvalue weighted by atomic mass is 19.2. The summed E-state index contributed by atoms with van der Waals surface area (Å²) in [6.45, 7) is 1.25. The van der Waals surface area contributed by atoms with Gasteiger partial charge in [0.1, 0.15) is 0 Å². The second-order valence-corrected chi connectivity index (χ2v) is 4.67. The van der Waals surface area contributed by atoms with Gasteiger partial charge in [0, 0.05) is 20.2 Å². The summed E-state index contributed by atoms with van der Waals surface area (Å²) in [5.41, 5.74) is 6.06. The fourth-order valence-corrected chi connectivity index (χ4v) is 2.29. The fourth-order valence-electron chi connectivity index (χ4n) is 2.29. The minimum atomic E-state index is -0.895. The van der Waals surface area contributed by atoms with Crippen LogP contribution in [-0.2, 0) is 4.74 Å². The molecule has 1 aliphatic rings. The van der Waals surface area contributed by atoms with Crippen LogP contribution in [0.15, 0.2) is 12.1 Å². The van der Waals surface area contributed by atoms with Gasteiger partial charge in [-0.2, -0.15) is 0 Å². The van der Waals surface area contributed by atoms with Crippen molar-refractivity contribution in [2.24, 2.45) is 0 Å². The lowest BCUT2D eigenvalue weighted by Crippen LogP contribution is -2.34. The van der Waals surface area contributed by atoms with Gasteiger partial charge in [-0.1, -0.05) is 0 Å². The van der Waals surface area contributed by atoms with Crippen molar-refractivity contribution in [3.8, 4) is 0 Å². The van der Waals surface area contributed by atoms with E-state index in [-0.39, 0.29) is 17.5 Å². The first-order valence-corrected chi connectivity index (χ1v) is 6.16. The Morgan fingerprint density at radius 1 is 1.39 bits per heavy atom. The Labute approximate surface area is 106 Å². The Morgan fingerprint density at radius 3 is 2.83 bits per heavy atom. The zero-order valence-electron chi connectivity index (χ0n) is 10.5. The van der Waals surface area contributed by atoms with Crippen molar-refractivity contribution in [3.63, 3.8) is 0 Å². The van der Waals surface area contributed by atoms with Crippen LogP contribution in [0, 0.1) is 11.6 Å². The molecule has 1 aliphatic heterocycles. The number of nitrogen functional groups attached to an aromatic ring is 1. The van der Waals surface area contributed by atoms with Gasteiger partial charge in [-0.25, -0.2) is 8.78 Å². The van der Waals surface area contributed by atoms with Crippen LogP contribution in [0.1, 0.15) is 19.3 Å². The van der Waals surface area contributed by atoms with Crippen LogP contribution < -0.4 is 10.6 Å². The summed E-state index contributed by atoms with van der Waals surface area (Å²) in [7, 11) is 1.70. The minimum Gasteiger partial charge on any atom is -0.397 e. The van der Waals surface area contributed by atoms with Crippen molar-refractivity contribution < 1.29 is 13.5 Å². The second-order valence-electron chi connectivity index (χ2n) is 4.67. The molecule has 2 rings (SSSR count). The molecule has 1 aromatic carbocycles. The molecule has 0 radical (unpaired) electrons. The number of benzene rings is 1. The molecule has 0 aromatic heterocycles. The van der Waals surface area contributed by atoms with Crippen LogP contribution in [0.4, 0.5) is 20.2 Å². The zero-order chi connectivity index (χ0) is 13.1. The van der Waals surface area contributed by atoms with Gasteiger partial charge in [0.25, 0.3) is 0 Å². The number of hydrogen-bond acceptors (Lipinski definition) is 3. The van der Waals surface area contributed by atoms with Crippen LogP contribution in [0.25, 0.3) is 0 Å². The van der Waals surface area contributed by atoms with Crippen molar-refractivity contribution in [1.82, 2.24) is 0 Å². The molecule has 1 heterocycles. The highest BCUT2D eigenvalue weighted by Gasteiger charge is 2.20. The van der Waals surface area contributed by atoms with Gasteiger partial charge in [-0.3, -0.25) is 0 Å². The third kappa shape index (κ3) is 2.72. The van der Waals surface area contributed by atoms with Gasteiger partial charge < -0.3 is 15.4 Å². The lowest BCUT2D eigenvalue weighted by molar-refractivity contribution is 0.0215. The van der Waals surface area contributed by atoms with E-state index in [1.165, 1.54) is 6.07 Å². The van der Waals surface area contributed by atoms with Crippen molar-refractivity contribution in [3.05, 3.63) is 23.8 Å². The van der Waals surface area contributed by atoms with E-state index in [1.54, 1.807) is 11.9 Å². The second kappa shape index (κ2) is 5.52. The minimum absolute atomic E-state index is 0.0609. The molecule has 1 fully saturated rings. The highest BCUT2D eigenvalue weighted by Crippen LogP contribution is 2.28. The predicted octanol–water partition coefficient (Wildman–Crippen LogP) is 2.55. The standard InChI is InChI=1S/C13H18F2N2O/c1-17(8-9-4-2-3-7-18-9)13-11(16)6-5-10(14)12(13)15/h5-6,9H,2-4,7-8,16H2,1H3. The smallest absolute Gasteiger partial charge is 0.184 e. The van der Waals surface area contributed by atoms with E-state index in [9.17, 15) is 8.78 Å². The van der Waals surface area contributed by atoms with Crippen LogP contribution in [0.2, 0.25) is 0 Å². The summed E-state index contributed by atoms with van der Waals surface area (Å²) in [6, 6.07) is 2.42. The van der Waals surface area contributed by atoms with Crippen molar-refractivity contribution >= 4 is 11.4 Å². The molecule has 0 saturated carbocycles. The quantitative estimate of drug-likeness (QED) is 0.845. The van der Waals surface area contributed by atoms with Gasteiger partial charge in [0.15, 0.2) is 11.6 Å². The van der Waals surface area contributed by atoms with Crippen molar-refractivity contribution in [2.75, 3.05) is 30.8 Å². The third-order valence-electron chi connectivity index (χ3n) is 3.23. The number of hydrogen-bond donors (Lipinski definition) is 1. The average Bonchev–Trinajstić information content (AvgIpc) is 2.36. The number of ether oxygens (including phenoxy) is 1. The third-order valence-corrected chi connectivity index (χ3v) is 3.23. The average molecular weight is 256 g/mol. The van der Waals surface area contributed by atoms with Gasteiger partial charge >= 0.3 is 0 Å². The van der Waals surface area contributed by atoms with Crippen LogP contribution >= 0.6 is 0 Å². The number of nitrogens with zero attached hydrogens (tertiary/aromatic N) is 1. The Hall–Kier alpha value is -1.36. The molecule has 0 amide bonds. The fraction of sp³-hybridized carbons (Fsp3) is 0.538. The number of anilines is 2. The molecule has 0 bridgehead atoms. The van der Waals surface area contributed by atoms with Crippen LogP contribution in [0.5, 0.6) is 0 Å². The van der Waals surface area contributed by atoms with E-state index < -0.39 is 11.6 Å². The Balaban J connectivity index is 2.12. The molecular weight excluding hydrogens is 238 g/mol. The topological polar surface area (TPSA) is 38.5 Å². The van der Waals surface area contributed by atoms with E-state index in [1.807, 2.05) is 0 Å². The number of halogens is 2. The van der Waals surface area contributed by atoms with Gasteiger partial charge in [0.2, 0.25) is 0 Å². The zero-order valence-corrected chi connectivity index (χ0v) is 10.5. The highest BCUT2D eigenvalue weighted by molar-refractivity contribution is 5.68. The Kier molecular flexibility index (Phi) is 4.01. The lowest BCUT2D eigenvalue weighted by atomic mass is 10.1. The normalized spacial score (nSPS) is 19.8. The molecule has 1 saturated heterocycles. The first-order valence-electron chi connectivity index (χ1n) is 6.16. The van der Waals surface area contributed by atoms with Crippen molar-refractivity contribution in [1.29, 1.82) is 0 Å². The van der Waals surface area contributed by atoms with Gasteiger partial charge in [-0.05, 0) is 31.4 Å². The van der Waals surface area contributed by atoms with E-state index in [2.05, 4.69) is 0 Å². The first kappa shape index (κ1) is 13.1. The molecule has 2 N–H and O–H groups in total. The summed E-state index contributed by atoms with van der Waals surface area (Å²) >= 11 is 0. The van der Waals surface area contributed by atoms with Crippen LogP contribution in [-0.4, -0.2) is 26.3 Å². The summed E-state index contributed by atoms with van der Waals surface area (Å²) in [4.78, 5) is 1.63. The maximum Gasteiger partial charge on any atom is 0.184 e. The molecule has 0 aliphatic carbocycles. The molecule has 0 spiro atoms. The molecule has 100 valence electrons. The predicted molar refractivity (Wildman–Crippen MR) is 67.6 cm³/mol. The van der Waals surface area contributed by atoms with Crippen LogP contribution in [0.3, 0.4) is 0 Å². The summed E-state index contributed by atoms with van der Waals surface area (Å²) in [6.07, 6.45) is 3.18. The largest absolute Gasteiger partial charge is 0.397 e. The molecule has 1 atom stereocenters. The van der Waals surface area contributed by atoms with E-state index in [0.29, 0.717) is 6.54 Å². The van der Waals surface area contributed by atoms with E-state index >= 15 is 0 Å². The summed E-state index contributed by atoms with van der Waals surface area (Å²) in [5.74, 6) is -1.77. The molecule has 1 unspecified atom stereocenters. The Morgan fingerprint density at radius 2 is 2.17 bits per heavy atom. The number of likely N-dealkylation sites (N-methyl/N-ethyl adjacent to an activating group) is 1. The van der Waals surface area contributed by atoms with Gasteiger partial charge in [-0.15, -0.1) is 0 Å². The maximum absolute atomic E-state index is 13.7. The van der Waals surface area contributed by atoms with Gasteiger partial charge in [0.05, 0.1) is 17.5 Å². The Bertz CT molecular complexity index is 420. The monoisotopic (exact) mass is 256 g/mol. The lowest BCUT2D eigenvalue weighted by Gasteiger charge is -2.29. The summed E-state index contributed by atoms with van der Waals surface area (Å²) < 4.78 is 32.5. The van der Waals surface area contributed by atoms with E-state index in [0.717, 1.165) is 31.9 Å². The van der Waals surface area contributed by atoms with Crippen molar-refractivity contribution in [2.45, 2.75) is 25.4 Å². The summed E-state index contributed by atoms with van der Waals surface area (Å²) in [5, 5.41) is 0. The maximum atomic E-state index is 13.7. The number of rotatable bonds is 3. The molecule has 18 heavy (non-hydrogen) atoms. The molecule has 5 heteroatoms. The first-order chi connectivity index (χ1) is 8.59.